The fraction of sp³-hybridized carbons (Fsp3) is 0.312. The van der Waals surface area contributed by atoms with E-state index in [-0.39, 0.29) is 17.0 Å². The molecule has 24 heavy (non-hydrogen) atoms. The third-order valence-electron chi connectivity index (χ3n) is 3.38. The zero-order valence-electron chi connectivity index (χ0n) is 13.3. The Bertz CT molecular complexity index is 785. The number of hydrogen-bond donors (Lipinski definition) is 3. The number of carbonyl (C=O) groups is 1. The lowest BCUT2D eigenvalue weighted by atomic mass is 10.2. The molecule has 8 heteroatoms. The fourth-order valence-corrected chi connectivity index (χ4v) is 3.28. The van der Waals surface area contributed by atoms with Gasteiger partial charge in [-0.05, 0) is 36.8 Å². The Morgan fingerprint density at radius 1 is 1.29 bits per heavy atom. The van der Waals surface area contributed by atoms with Gasteiger partial charge in [0, 0.05) is 6.54 Å². The zero-order valence-corrected chi connectivity index (χ0v) is 14.1. The fourth-order valence-electron chi connectivity index (χ4n) is 2.08. The summed E-state index contributed by atoms with van der Waals surface area (Å²) in [5.41, 5.74) is 0.287. The topological polar surface area (TPSA) is 109 Å². The minimum atomic E-state index is -3.90. The van der Waals surface area contributed by atoms with Gasteiger partial charge < -0.3 is 14.8 Å². The maximum atomic E-state index is 12.6. The van der Waals surface area contributed by atoms with E-state index in [0.29, 0.717) is 18.0 Å². The van der Waals surface area contributed by atoms with Gasteiger partial charge in [-0.25, -0.2) is 17.9 Å². The molecule has 1 aromatic carbocycles. The SMILES string of the molecule is CCCCNc1ccc(C(=O)O)cc1S(=O)(=O)NCc1ccco1. The van der Waals surface area contributed by atoms with Gasteiger partial charge in [-0.1, -0.05) is 13.3 Å². The Hall–Kier alpha value is -2.32. The number of sulfonamides is 1. The molecule has 0 bridgehead atoms. The normalized spacial score (nSPS) is 11.4. The molecule has 0 atom stereocenters. The first-order valence-corrected chi connectivity index (χ1v) is 9.05. The molecule has 2 aromatic rings. The summed E-state index contributed by atoms with van der Waals surface area (Å²) in [6, 6.07) is 7.31. The van der Waals surface area contributed by atoms with Crippen molar-refractivity contribution in [3.63, 3.8) is 0 Å². The second-order valence-electron chi connectivity index (χ2n) is 5.20. The van der Waals surface area contributed by atoms with Crippen molar-refractivity contribution in [1.82, 2.24) is 4.72 Å². The van der Waals surface area contributed by atoms with Crippen LogP contribution in [-0.2, 0) is 16.6 Å². The highest BCUT2D eigenvalue weighted by atomic mass is 32.2. The lowest BCUT2D eigenvalue weighted by Gasteiger charge is -2.13. The molecule has 0 saturated carbocycles. The zero-order chi connectivity index (χ0) is 17.6. The predicted octanol–water partition coefficient (Wildman–Crippen LogP) is 2.67. The average molecular weight is 352 g/mol. The summed E-state index contributed by atoms with van der Waals surface area (Å²) in [5, 5.41) is 12.2. The molecule has 2 rings (SSSR count). The molecule has 0 aliphatic carbocycles. The second kappa shape index (κ2) is 7.98. The van der Waals surface area contributed by atoms with Gasteiger partial charge in [0.2, 0.25) is 10.0 Å². The van der Waals surface area contributed by atoms with E-state index in [1.54, 1.807) is 12.1 Å². The number of carboxylic acid groups (broad SMARTS) is 1. The molecule has 0 unspecified atom stereocenters. The van der Waals surface area contributed by atoms with Crippen LogP contribution in [0.1, 0.15) is 35.9 Å². The first-order valence-electron chi connectivity index (χ1n) is 7.57. The van der Waals surface area contributed by atoms with Crippen molar-refractivity contribution >= 4 is 21.7 Å². The van der Waals surface area contributed by atoms with E-state index in [0.717, 1.165) is 18.9 Å². The van der Waals surface area contributed by atoms with Crippen LogP contribution in [0.2, 0.25) is 0 Å². The minimum Gasteiger partial charge on any atom is -0.478 e. The summed E-state index contributed by atoms with van der Waals surface area (Å²) in [6.45, 7) is 2.61. The van der Waals surface area contributed by atoms with Crippen molar-refractivity contribution in [2.45, 2.75) is 31.2 Å². The Labute approximate surface area is 140 Å². The van der Waals surface area contributed by atoms with Gasteiger partial charge in [0.25, 0.3) is 0 Å². The van der Waals surface area contributed by atoms with E-state index >= 15 is 0 Å². The highest BCUT2D eigenvalue weighted by Gasteiger charge is 2.21. The summed E-state index contributed by atoms with van der Waals surface area (Å²) in [5.74, 6) is -0.717. The summed E-state index contributed by atoms with van der Waals surface area (Å²) in [7, 11) is -3.90. The van der Waals surface area contributed by atoms with Crippen LogP contribution in [0.5, 0.6) is 0 Å². The number of benzene rings is 1. The molecule has 3 N–H and O–H groups in total. The summed E-state index contributed by atoms with van der Waals surface area (Å²) < 4.78 is 32.7. The maximum Gasteiger partial charge on any atom is 0.335 e. The molecular weight excluding hydrogens is 332 g/mol. The monoisotopic (exact) mass is 352 g/mol. The lowest BCUT2D eigenvalue weighted by Crippen LogP contribution is -2.24. The van der Waals surface area contributed by atoms with Crippen LogP contribution < -0.4 is 10.0 Å². The maximum absolute atomic E-state index is 12.6. The molecule has 0 fully saturated rings. The van der Waals surface area contributed by atoms with Crippen molar-refractivity contribution in [3.05, 3.63) is 47.9 Å². The standard InChI is InChI=1S/C16H20N2O5S/c1-2-3-8-17-14-7-6-12(16(19)20)10-15(14)24(21,22)18-11-13-5-4-9-23-13/h4-7,9-10,17-18H,2-3,8,11H2,1H3,(H,19,20). The minimum absolute atomic E-state index is 0.0129. The van der Waals surface area contributed by atoms with Crippen molar-refractivity contribution in [2.24, 2.45) is 0 Å². The van der Waals surface area contributed by atoms with Crippen LogP contribution in [0.3, 0.4) is 0 Å². The van der Waals surface area contributed by atoms with Crippen LogP contribution >= 0.6 is 0 Å². The van der Waals surface area contributed by atoms with Gasteiger partial charge in [-0.3, -0.25) is 0 Å². The molecule has 0 amide bonds. The molecule has 130 valence electrons. The second-order valence-corrected chi connectivity index (χ2v) is 6.94. The van der Waals surface area contributed by atoms with Crippen LogP contribution in [0.25, 0.3) is 0 Å². The molecule has 0 radical (unpaired) electrons. The van der Waals surface area contributed by atoms with E-state index in [2.05, 4.69) is 10.0 Å². The number of carboxylic acids is 1. The quantitative estimate of drug-likeness (QED) is 0.599. The number of unbranched alkanes of at least 4 members (excludes halogenated alkanes) is 1. The Morgan fingerprint density at radius 3 is 2.71 bits per heavy atom. The molecule has 1 heterocycles. The smallest absolute Gasteiger partial charge is 0.335 e. The number of rotatable bonds is 9. The summed E-state index contributed by atoms with van der Waals surface area (Å²) in [4.78, 5) is 11.1. The number of hydrogen-bond acceptors (Lipinski definition) is 5. The van der Waals surface area contributed by atoms with Gasteiger partial charge in [-0.15, -0.1) is 0 Å². The van der Waals surface area contributed by atoms with Crippen LogP contribution in [-0.4, -0.2) is 26.0 Å². The molecule has 0 aliphatic heterocycles. The highest BCUT2D eigenvalue weighted by Crippen LogP contribution is 2.23. The average Bonchev–Trinajstić information content (AvgIpc) is 3.07. The Morgan fingerprint density at radius 2 is 2.08 bits per heavy atom. The van der Waals surface area contributed by atoms with Gasteiger partial charge in [0.15, 0.2) is 0 Å². The molecule has 0 spiro atoms. The number of furan rings is 1. The van der Waals surface area contributed by atoms with Crippen LogP contribution in [0.15, 0.2) is 45.9 Å². The van der Waals surface area contributed by atoms with E-state index in [1.807, 2.05) is 6.92 Å². The van der Waals surface area contributed by atoms with E-state index in [4.69, 9.17) is 9.52 Å². The lowest BCUT2D eigenvalue weighted by molar-refractivity contribution is 0.0696. The van der Waals surface area contributed by atoms with E-state index in [1.165, 1.54) is 18.4 Å². The van der Waals surface area contributed by atoms with Gasteiger partial charge in [-0.2, -0.15) is 0 Å². The predicted molar refractivity (Wildman–Crippen MR) is 89.5 cm³/mol. The van der Waals surface area contributed by atoms with Gasteiger partial charge in [0.1, 0.15) is 10.7 Å². The first-order chi connectivity index (χ1) is 11.4. The summed E-state index contributed by atoms with van der Waals surface area (Å²) in [6.07, 6.45) is 3.28. The first kappa shape index (κ1) is 18.0. The largest absolute Gasteiger partial charge is 0.478 e. The molecule has 0 aliphatic rings. The number of nitrogens with one attached hydrogen (secondary N) is 2. The molecule has 1 aromatic heterocycles. The van der Waals surface area contributed by atoms with Crippen molar-refractivity contribution in [1.29, 1.82) is 0 Å². The highest BCUT2D eigenvalue weighted by molar-refractivity contribution is 7.89. The molecular formula is C16H20N2O5S. The van der Waals surface area contributed by atoms with Gasteiger partial charge in [0.05, 0.1) is 24.1 Å². The Balaban J connectivity index is 2.28. The molecule has 0 saturated heterocycles. The van der Waals surface area contributed by atoms with Crippen LogP contribution in [0, 0.1) is 0 Å². The van der Waals surface area contributed by atoms with Gasteiger partial charge >= 0.3 is 5.97 Å². The van der Waals surface area contributed by atoms with E-state index in [9.17, 15) is 13.2 Å². The number of anilines is 1. The van der Waals surface area contributed by atoms with E-state index < -0.39 is 16.0 Å². The third kappa shape index (κ3) is 4.59. The van der Waals surface area contributed by atoms with Crippen molar-refractivity contribution < 1.29 is 22.7 Å². The Kier molecular flexibility index (Phi) is 5.99. The third-order valence-corrected chi connectivity index (χ3v) is 4.82. The molecule has 7 nitrogen and oxygen atoms in total. The van der Waals surface area contributed by atoms with Crippen LogP contribution in [0.4, 0.5) is 5.69 Å². The summed E-state index contributed by atoms with van der Waals surface area (Å²) >= 11 is 0. The van der Waals surface area contributed by atoms with Crippen molar-refractivity contribution in [2.75, 3.05) is 11.9 Å². The van der Waals surface area contributed by atoms with Crippen molar-refractivity contribution in [3.8, 4) is 0 Å². The number of aromatic carboxylic acids is 1.